The molecule has 0 amide bonds. The lowest BCUT2D eigenvalue weighted by Gasteiger charge is -2.09. The number of esters is 1. The van der Waals surface area contributed by atoms with Crippen LogP contribution in [-0.4, -0.2) is 32.1 Å². The Morgan fingerprint density at radius 2 is 2.05 bits per heavy atom. The van der Waals surface area contributed by atoms with E-state index in [1.807, 2.05) is 48.7 Å². The van der Waals surface area contributed by atoms with Gasteiger partial charge in [0.25, 0.3) is 0 Å². The summed E-state index contributed by atoms with van der Waals surface area (Å²) in [6.07, 6.45) is 0.693. The Morgan fingerprint density at radius 1 is 1.30 bits per heavy atom. The van der Waals surface area contributed by atoms with Crippen molar-refractivity contribution in [3.63, 3.8) is 0 Å². The molecule has 104 valence electrons. The molecule has 1 fully saturated rings. The first-order valence-corrected chi connectivity index (χ1v) is 7.37. The van der Waals surface area contributed by atoms with E-state index in [2.05, 4.69) is 10.2 Å². The maximum atomic E-state index is 11.7. The van der Waals surface area contributed by atoms with Gasteiger partial charge in [-0.15, -0.1) is 10.2 Å². The van der Waals surface area contributed by atoms with E-state index in [-0.39, 0.29) is 17.3 Å². The SMILES string of the molecule is Cc1nnc(S[C@H]2C[C@H](C)OC2=O)n1-c1ccccc1. The molecular weight excluding hydrogens is 274 g/mol. The molecule has 0 N–H and O–H groups in total. The number of carbonyl (C=O) groups is 1. The Bertz CT molecular complexity index is 627. The number of rotatable bonds is 3. The molecule has 6 heteroatoms. The van der Waals surface area contributed by atoms with Gasteiger partial charge in [-0.05, 0) is 26.0 Å². The van der Waals surface area contributed by atoms with Gasteiger partial charge in [0, 0.05) is 12.1 Å². The summed E-state index contributed by atoms with van der Waals surface area (Å²) in [5, 5.41) is 8.83. The Balaban J connectivity index is 1.90. The van der Waals surface area contributed by atoms with Gasteiger partial charge in [-0.25, -0.2) is 0 Å². The van der Waals surface area contributed by atoms with Gasteiger partial charge >= 0.3 is 5.97 Å². The molecule has 5 nitrogen and oxygen atoms in total. The van der Waals surface area contributed by atoms with Crippen molar-refractivity contribution in [1.29, 1.82) is 0 Å². The molecule has 0 bridgehead atoms. The molecule has 1 aromatic heterocycles. The molecule has 1 aliphatic heterocycles. The van der Waals surface area contributed by atoms with Crippen LogP contribution in [0.4, 0.5) is 0 Å². The van der Waals surface area contributed by atoms with Crippen LogP contribution >= 0.6 is 11.8 Å². The second kappa shape index (κ2) is 5.28. The third-order valence-corrected chi connectivity index (χ3v) is 4.33. The van der Waals surface area contributed by atoms with Crippen molar-refractivity contribution in [3.8, 4) is 5.69 Å². The summed E-state index contributed by atoms with van der Waals surface area (Å²) in [7, 11) is 0. The first-order chi connectivity index (χ1) is 9.65. The molecule has 2 heterocycles. The van der Waals surface area contributed by atoms with Crippen molar-refractivity contribution in [2.45, 2.75) is 36.8 Å². The molecule has 1 aliphatic rings. The Labute approximate surface area is 121 Å². The molecule has 2 aromatic rings. The van der Waals surface area contributed by atoms with Crippen LogP contribution in [0.15, 0.2) is 35.5 Å². The molecule has 1 aromatic carbocycles. The van der Waals surface area contributed by atoms with E-state index >= 15 is 0 Å². The number of hydrogen-bond donors (Lipinski definition) is 0. The molecule has 0 saturated carbocycles. The summed E-state index contributed by atoms with van der Waals surface area (Å²) >= 11 is 1.42. The fourth-order valence-electron chi connectivity index (χ4n) is 2.24. The van der Waals surface area contributed by atoms with Crippen LogP contribution in [0, 0.1) is 6.92 Å². The number of ether oxygens (including phenoxy) is 1. The number of aryl methyl sites for hydroxylation is 1. The largest absolute Gasteiger partial charge is 0.462 e. The van der Waals surface area contributed by atoms with Crippen molar-refractivity contribution >= 4 is 17.7 Å². The average molecular weight is 289 g/mol. The van der Waals surface area contributed by atoms with Gasteiger partial charge in [-0.2, -0.15) is 0 Å². The number of para-hydroxylation sites is 1. The van der Waals surface area contributed by atoms with Crippen LogP contribution in [0.2, 0.25) is 0 Å². The molecule has 0 spiro atoms. The lowest BCUT2D eigenvalue weighted by atomic mass is 10.3. The predicted molar refractivity (Wildman–Crippen MR) is 75.9 cm³/mol. The molecule has 1 saturated heterocycles. The van der Waals surface area contributed by atoms with Crippen LogP contribution in [0.25, 0.3) is 5.69 Å². The zero-order valence-corrected chi connectivity index (χ0v) is 12.1. The highest BCUT2D eigenvalue weighted by Gasteiger charge is 2.34. The Hall–Kier alpha value is -1.82. The zero-order chi connectivity index (χ0) is 14.1. The van der Waals surface area contributed by atoms with Gasteiger partial charge < -0.3 is 4.74 Å². The Morgan fingerprint density at radius 3 is 2.70 bits per heavy atom. The second-order valence-corrected chi connectivity index (χ2v) is 5.96. The number of nitrogens with zero attached hydrogens (tertiary/aromatic N) is 3. The van der Waals surface area contributed by atoms with E-state index in [1.165, 1.54) is 11.8 Å². The van der Waals surface area contributed by atoms with E-state index in [9.17, 15) is 4.79 Å². The van der Waals surface area contributed by atoms with Crippen molar-refractivity contribution in [3.05, 3.63) is 36.2 Å². The minimum absolute atomic E-state index is 0.0193. The molecule has 3 rings (SSSR count). The fraction of sp³-hybridized carbons (Fsp3) is 0.357. The van der Waals surface area contributed by atoms with Crippen LogP contribution in [0.1, 0.15) is 19.2 Å². The van der Waals surface area contributed by atoms with Crippen molar-refractivity contribution in [2.24, 2.45) is 0 Å². The zero-order valence-electron chi connectivity index (χ0n) is 11.3. The van der Waals surface area contributed by atoms with E-state index < -0.39 is 0 Å². The summed E-state index contributed by atoms with van der Waals surface area (Å²) < 4.78 is 7.14. The normalized spacial score (nSPS) is 22.0. The van der Waals surface area contributed by atoms with Gasteiger partial charge in [-0.3, -0.25) is 9.36 Å². The van der Waals surface area contributed by atoms with E-state index in [0.29, 0.717) is 6.42 Å². The molecule has 20 heavy (non-hydrogen) atoms. The highest BCUT2D eigenvalue weighted by atomic mass is 32.2. The summed E-state index contributed by atoms with van der Waals surface area (Å²) in [6.45, 7) is 3.81. The topological polar surface area (TPSA) is 57.0 Å². The maximum absolute atomic E-state index is 11.7. The van der Waals surface area contributed by atoms with Gasteiger partial charge in [0.1, 0.15) is 17.2 Å². The quantitative estimate of drug-likeness (QED) is 0.812. The maximum Gasteiger partial charge on any atom is 0.319 e. The lowest BCUT2D eigenvalue weighted by Crippen LogP contribution is -2.11. The number of thioether (sulfide) groups is 1. The molecular formula is C14H15N3O2S. The van der Waals surface area contributed by atoms with Crippen LogP contribution in [0.3, 0.4) is 0 Å². The molecule has 2 atom stereocenters. The van der Waals surface area contributed by atoms with Gasteiger partial charge in [0.05, 0.1) is 0 Å². The fourth-order valence-corrected chi connectivity index (χ4v) is 3.44. The lowest BCUT2D eigenvalue weighted by molar-refractivity contribution is -0.140. The summed E-state index contributed by atoms with van der Waals surface area (Å²) in [5.41, 5.74) is 0.997. The second-order valence-electron chi connectivity index (χ2n) is 4.79. The number of cyclic esters (lactones) is 1. The van der Waals surface area contributed by atoms with E-state index in [4.69, 9.17) is 4.74 Å². The van der Waals surface area contributed by atoms with Gasteiger partial charge in [0.2, 0.25) is 0 Å². The molecule has 0 unspecified atom stereocenters. The first-order valence-electron chi connectivity index (χ1n) is 6.50. The van der Waals surface area contributed by atoms with Gasteiger partial charge in [0.15, 0.2) is 5.16 Å². The summed E-state index contributed by atoms with van der Waals surface area (Å²) in [5.74, 6) is 0.640. The van der Waals surface area contributed by atoms with Crippen LogP contribution < -0.4 is 0 Å². The summed E-state index contributed by atoms with van der Waals surface area (Å²) in [6, 6.07) is 9.89. The van der Waals surface area contributed by atoms with Crippen LogP contribution in [-0.2, 0) is 9.53 Å². The number of aromatic nitrogens is 3. The van der Waals surface area contributed by atoms with Crippen molar-refractivity contribution in [2.75, 3.05) is 0 Å². The minimum atomic E-state index is -0.198. The third-order valence-electron chi connectivity index (χ3n) is 3.18. The predicted octanol–water partition coefficient (Wildman–Crippen LogP) is 2.37. The standard InChI is InChI=1S/C14H15N3O2S/c1-9-8-12(13(18)19-9)20-14-16-15-10(2)17(14)11-6-4-3-5-7-11/h3-7,9,12H,8H2,1-2H3/t9-,12-/m0/s1. The van der Waals surface area contributed by atoms with Crippen molar-refractivity contribution in [1.82, 2.24) is 14.8 Å². The third kappa shape index (κ3) is 2.43. The highest BCUT2D eigenvalue weighted by Crippen LogP contribution is 2.32. The first kappa shape index (κ1) is 13.2. The number of benzene rings is 1. The van der Waals surface area contributed by atoms with E-state index in [0.717, 1.165) is 16.7 Å². The monoisotopic (exact) mass is 289 g/mol. The number of hydrogen-bond acceptors (Lipinski definition) is 5. The van der Waals surface area contributed by atoms with E-state index in [1.54, 1.807) is 0 Å². The Kier molecular flexibility index (Phi) is 3.48. The molecule has 0 aliphatic carbocycles. The minimum Gasteiger partial charge on any atom is -0.462 e. The highest BCUT2D eigenvalue weighted by molar-refractivity contribution is 8.00. The smallest absolute Gasteiger partial charge is 0.319 e. The van der Waals surface area contributed by atoms with Crippen molar-refractivity contribution < 1.29 is 9.53 Å². The van der Waals surface area contributed by atoms with Crippen LogP contribution in [0.5, 0.6) is 0 Å². The molecule has 0 radical (unpaired) electrons. The van der Waals surface area contributed by atoms with Gasteiger partial charge in [-0.1, -0.05) is 30.0 Å². The average Bonchev–Trinajstić information content (AvgIpc) is 2.94. The number of carbonyl (C=O) groups excluding carboxylic acids is 1. The summed E-state index contributed by atoms with van der Waals surface area (Å²) in [4.78, 5) is 11.7.